The Morgan fingerprint density at radius 1 is 1.32 bits per heavy atom. The van der Waals surface area contributed by atoms with Gasteiger partial charge in [0.2, 0.25) is 5.91 Å². The van der Waals surface area contributed by atoms with Gasteiger partial charge in [-0.05, 0) is 36.5 Å². The van der Waals surface area contributed by atoms with Crippen LogP contribution >= 0.6 is 0 Å². The molecule has 1 aliphatic carbocycles. The highest BCUT2D eigenvalue weighted by Crippen LogP contribution is 2.48. The molecule has 0 spiro atoms. The molecule has 4 heteroatoms. The minimum Gasteiger partial charge on any atom is -0.392 e. The topological polar surface area (TPSA) is 49.3 Å². The average molecular weight is 307 g/mol. The van der Waals surface area contributed by atoms with E-state index in [1.54, 1.807) is 12.1 Å². The zero-order valence-electron chi connectivity index (χ0n) is 13.8. The van der Waals surface area contributed by atoms with E-state index in [0.717, 1.165) is 18.4 Å². The molecule has 0 aromatic heterocycles. The molecule has 0 saturated heterocycles. The third-order valence-corrected chi connectivity index (χ3v) is 4.72. The van der Waals surface area contributed by atoms with Crippen LogP contribution in [-0.2, 0) is 10.2 Å². The van der Waals surface area contributed by atoms with Crippen molar-refractivity contribution in [1.29, 1.82) is 0 Å². The van der Waals surface area contributed by atoms with Crippen LogP contribution in [0.15, 0.2) is 24.3 Å². The lowest BCUT2D eigenvalue weighted by atomic mass is 9.80. The quantitative estimate of drug-likeness (QED) is 0.849. The molecule has 0 heterocycles. The van der Waals surface area contributed by atoms with E-state index in [-0.39, 0.29) is 23.1 Å². The van der Waals surface area contributed by atoms with Crippen LogP contribution in [0.3, 0.4) is 0 Å². The Labute approximate surface area is 131 Å². The van der Waals surface area contributed by atoms with E-state index >= 15 is 0 Å². The summed E-state index contributed by atoms with van der Waals surface area (Å²) >= 11 is 0. The summed E-state index contributed by atoms with van der Waals surface area (Å²) in [5.41, 5.74) is -0.0245. The highest BCUT2D eigenvalue weighted by Gasteiger charge is 2.51. The van der Waals surface area contributed by atoms with Gasteiger partial charge in [-0.15, -0.1) is 0 Å². The molecule has 1 amide bonds. The van der Waals surface area contributed by atoms with Gasteiger partial charge in [-0.25, -0.2) is 4.39 Å². The van der Waals surface area contributed by atoms with E-state index < -0.39 is 11.5 Å². The summed E-state index contributed by atoms with van der Waals surface area (Å²) in [4.78, 5) is 12.6. The van der Waals surface area contributed by atoms with Crippen molar-refractivity contribution < 1.29 is 14.3 Å². The fourth-order valence-electron chi connectivity index (χ4n) is 3.02. The van der Waals surface area contributed by atoms with Crippen LogP contribution in [0.25, 0.3) is 0 Å². The molecule has 1 saturated carbocycles. The number of nitrogens with one attached hydrogen (secondary N) is 1. The van der Waals surface area contributed by atoms with Crippen LogP contribution in [0.1, 0.15) is 46.1 Å². The van der Waals surface area contributed by atoms with Crippen molar-refractivity contribution in [3.8, 4) is 0 Å². The number of halogens is 1. The van der Waals surface area contributed by atoms with Crippen LogP contribution in [0, 0.1) is 17.2 Å². The molecule has 1 aromatic rings. The fourth-order valence-corrected chi connectivity index (χ4v) is 3.02. The van der Waals surface area contributed by atoms with Crippen molar-refractivity contribution in [3.05, 3.63) is 35.6 Å². The van der Waals surface area contributed by atoms with E-state index in [2.05, 4.69) is 5.32 Å². The molecular formula is C18H26FNO2. The zero-order valence-corrected chi connectivity index (χ0v) is 13.8. The largest absolute Gasteiger partial charge is 0.392 e. The molecule has 22 heavy (non-hydrogen) atoms. The van der Waals surface area contributed by atoms with Gasteiger partial charge in [0.15, 0.2) is 0 Å². The maximum atomic E-state index is 13.0. The summed E-state index contributed by atoms with van der Waals surface area (Å²) in [5, 5.41) is 13.2. The molecule has 0 aliphatic heterocycles. The van der Waals surface area contributed by atoms with Gasteiger partial charge in [0.25, 0.3) is 0 Å². The summed E-state index contributed by atoms with van der Waals surface area (Å²) in [7, 11) is 0. The molecule has 122 valence electrons. The fraction of sp³-hybridized carbons (Fsp3) is 0.611. The summed E-state index contributed by atoms with van der Waals surface area (Å²) in [5.74, 6) is -0.178. The van der Waals surface area contributed by atoms with E-state index in [0.29, 0.717) is 6.54 Å². The Morgan fingerprint density at radius 3 is 2.32 bits per heavy atom. The summed E-state index contributed by atoms with van der Waals surface area (Å²) in [6.07, 6.45) is 1.10. The number of amides is 1. The molecule has 0 bridgehead atoms. The first-order valence-corrected chi connectivity index (χ1v) is 7.91. The second-order valence-electron chi connectivity index (χ2n) is 7.45. The molecule has 1 atom stereocenters. The van der Waals surface area contributed by atoms with E-state index in [4.69, 9.17) is 0 Å². The van der Waals surface area contributed by atoms with Crippen LogP contribution in [0.5, 0.6) is 0 Å². The Balaban J connectivity index is 2.02. The van der Waals surface area contributed by atoms with Gasteiger partial charge in [-0.3, -0.25) is 4.79 Å². The highest BCUT2D eigenvalue weighted by atomic mass is 19.1. The first-order chi connectivity index (χ1) is 10.2. The smallest absolute Gasteiger partial charge is 0.230 e. The number of aliphatic hydroxyl groups excluding tert-OH is 1. The molecule has 1 unspecified atom stereocenters. The van der Waals surface area contributed by atoms with Crippen molar-refractivity contribution in [3.63, 3.8) is 0 Å². The van der Waals surface area contributed by atoms with Crippen molar-refractivity contribution in [1.82, 2.24) is 5.32 Å². The minimum absolute atomic E-state index is 0.0249. The predicted molar refractivity (Wildman–Crippen MR) is 84.9 cm³/mol. The van der Waals surface area contributed by atoms with E-state index in [1.165, 1.54) is 12.1 Å². The predicted octanol–water partition coefficient (Wildman–Crippen LogP) is 3.02. The van der Waals surface area contributed by atoms with Gasteiger partial charge in [0, 0.05) is 12.0 Å². The van der Waals surface area contributed by atoms with Crippen molar-refractivity contribution in [2.45, 2.75) is 52.1 Å². The lowest BCUT2D eigenvalue weighted by Gasteiger charge is -2.34. The van der Waals surface area contributed by atoms with Gasteiger partial charge in [-0.2, -0.15) is 0 Å². The first-order valence-electron chi connectivity index (χ1n) is 7.91. The molecule has 1 aliphatic rings. The normalized spacial score (nSPS) is 18.1. The number of benzene rings is 1. The van der Waals surface area contributed by atoms with Crippen LogP contribution in [0.4, 0.5) is 4.39 Å². The van der Waals surface area contributed by atoms with Crippen LogP contribution in [0.2, 0.25) is 0 Å². The number of rotatable bonds is 6. The van der Waals surface area contributed by atoms with Gasteiger partial charge in [0.1, 0.15) is 5.82 Å². The lowest BCUT2D eigenvalue weighted by Crippen LogP contribution is -2.46. The zero-order chi connectivity index (χ0) is 16.5. The monoisotopic (exact) mass is 307 g/mol. The van der Waals surface area contributed by atoms with Crippen molar-refractivity contribution in [2.24, 2.45) is 11.3 Å². The SMILES string of the molecule is CC(C)C(O)C(C)(C)CNC(=O)C1(c2ccc(F)cc2)CC1. The van der Waals surface area contributed by atoms with Crippen LogP contribution < -0.4 is 5.32 Å². The van der Waals surface area contributed by atoms with E-state index in [1.807, 2.05) is 27.7 Å². The summed E-state index contributed by atoms with van der Waals surface area (Å²) in [6.45, 7) is 8.27. The first kappa shape index (κ1) is 16.9. The Bertz CT molecular complexity index is 533. The Morgan fingerprint density at radius 2 is 1.86 bits per heavy atom. The molecule has 2 rings (SSSR count). The molecule has 1 fully saturated rings. The average Bonchev–Trinajstić information content (AvgIpc) is 3.26. The molecule has 3 nitrogen and oxygen atoms in total. The third kappa shape index (κ3) is 3.32. The Hall–Kier alpha value is -1.42. The molecular weight excluding hydrogens is 281 g/mol. The van der Waals surface area contributed by atoms with Gasteiger partial charge >= 0.3 is 0 Å². The standard InChI is InChI=1S/C18H26FNO2/c1-12(2)15(21)17(3,4)11-20-16(22)18(9-10-18)13-5-7-14(19)8-6-13/h5-8,12,15,21H,9-11H2,1-4H3,(H,20,22). The lowest BCUT2D eigenvalue weighted by molar-refractivity contribution is -0.124. The maximum absolute atomic E-state index is 13.0. The number of carbonyl (C=O) groups is 1. The second kappa shape index (κ2) is 5.99. The number of aliphatic hydroxyl groups is 1. The van der Waals surface area contributed by atoms with Gasteiger partial charge in [0.05, 0.1) is 11.5 Å². The van der Waals surface area contributed by atoms with Crippen molar-refractivity contribution >= 4 is 5.91 Å². The second-order valence-corrected chi connectivity index (χ2v) is 7.45. The summed E-state index contributed by atoms with van der Waals surface area (Å²) < 4.78 is 13.0. The Kier molecular flexibility index (Phi) is 4.62. The maximum Gasteiger partial charge on any atom is 0.230 e. The van der Waals surface area contributed by atoms with E-state index in [9.17, 15) is 14.3 Å². The van der Waals surface area contributed by atoms with Gasteiger partial charge in [-0.1, -0.05) is 39.8 Å². The number of hydrogen-bond donors (Lipinski definition) is 2. The number of carbonyl (C=O) groups excluding carboxylic acids is 1. The molecule has 1 aromatic carbocycles. The number of hydrogen-bond acceptors (Lipinski definition) is 2. The molecule has 0 radical (unpaired) electrons. The third-order valence-electron chi connectivity index (χ3n) is 4.72. The van der Waals surface area contributed by atoms with Gasteiger partial charge < -0.3 is 10.4 Å². The summed E-state index contributed by atoms with van der Waals surface area (Å²) in [6, 6.07) is 6.18. The van der Waals surface area contributed by atoms with Crippen molar-refractivity contribution in [2.75, 3.05) is 6.54 Å². The minimum atomic E-state index is -0.507. The van der Waals surface area contributed by atoms with Crippen LogP contribution in [-0.4, -0.2) is 23.7 Å². The highest BCUT2D eigenvalue weighted by molar-refractivity contribution is 5.91. The molecule has 2 N–H and O–H groups in total.